The minimum absolute atomic E-state index is 0.0543. The lowest BCUT2D eigenvalue weighted by atomic mass is 10.0. The summed E-state index contributed by atoms with van der Waals surface area (Å²) < 4.78 is 0. The van der Waals surface area contributed by atoms with Crippen molar-refractivity contribution in [3.63, 3.8) is 0 Å². The Morgan fingerprint density at radius 3 is 2.63 bits per heavy atom. The Morgan fingerprint density at radius 2 is 2.00 bits per heavy atom. The Labute approximate surface area is 226 Å². The first kappa shape index (κ1) is 28.3. The van der Waals surface area contributed by atoms with Crippen LogP contribution in [-0.2, 0) is 4.79 Å². The molecule has 0 saturated carbocycles. The molecule has 0 spiro atoms. The molecule has 1 saturated heterocycles. The van der Waals surface area contributed by atoms with Crippen molar-refractivity contribution in [2.45, 2.75) is 26.3 Å². The average molecular weight is 511 g/mol. The van der Waals surface area contributed by atoms with E-state index in [4.69, 9.17) is 9.97 Å². The number of aromatic nitrogens is 2. The summed E-state index contributed by atoms with van der Waals surface area (Å²) >= 11 is 0. The predicted octanol–water partition coefficient (Wildman–Crippen LogP) is 5.16. The number of ketones is 1. The molecule has 1 fully saturated rings. The number of anilines is 1. The van der Waals surface area contributed by atoms with Gasteiger partial charge in [0.05, 0.1) is 5.70 Å². The smallest absolute Gasteiger partial charge is 0.174 e. The summed E-state index contributed by atoms with van der Waals surface area (Å²) in [5.41, 5.74) is 6.07. The van der Waals surface area contributed by atoms with Gasteiger partial charge in [0.15, 0.2) is 11.6 Å². The third kappa shape index (κ3) is 7.16. The van der Waals surface area contributed by atoms with Crippen LogP contribution < -0.4 is 10.2 Å². The highest BCUT2D eigenvalue weighted by molar-refractivity contribution is 6.12. The number of nitrogens with one attached hydrogen (secondary N) is 1. The zero-order chi connectivity index (χ0) is 27.8. The van der Waals surface area contributed by atoms with Crippen LogP contribution in [0.2, 0.25) is 0 Å². The number of hydrogen-bond acceptors (Lipinski definition) is 7. The normalized spacial score (nSPS) is 16.0. The molecule has 1 aliphatic heterocycles. The first-order chi connectivity index (χ1) is 18.1. The zero-order valence-electron chi connectivity index (χ0n) is 23.2. The molecule has 7 heteroatoms. The Balaban J connectivity index is 2.09. The van der Waals surface area contributed by atoms with Gasteiger partial charge in [-0.05, 0) is 30.5 Å². The molecule has 198 valence electrons. The molecule has 1 atom stereocenters. The molecule has 7 nitrogen and oxygen atoms in total. The van der Waals surface area contributed by atoms with Crippen molar-refractivity contribution < 1.29 is 4.79 Å². The highest BCUT2D eigenvalue weighted by Gasteiger charge is 2.27. The second kappa shape index (κ2) is 12.8. The number of carbonyl (C=O) groups excluding carboxylic acids is 1. The maximum absolute atomic E-state index is 11.7. The summed E-state index contributed by atoms with van der Waals surface area (Å²) in [7, 11) is 5.72. The minimum atomic E-state index is -0.0543. The van der Waals surface area contributed by atoms with Crippen LogP contribution in [0.15, 0.2) is 84.8 Å². The summed E-state index contributed by atoms with van der Waals surface area (Å²) in [6.07, 6.45) is 10.4. The van der Waals surface area contributed by atoms with E-state index in [2.05, 4.69) is 47.1 Å². The van der Waals surface area contributed by atoms with Gasteiger partial charge in [-0.3, -0.25) is 9.79 Å². The highest BCUT2D eigenvalue weighted by atomic mass is 16.1. The summed E-state index contributed by atoms with van der Waals surface area (Å²) in [5, 5.41) is 3.27. The van der Waals surface area contributed by atoms with Gasteiger partial charge in [0.2, 0.25) is 0 Å². The van der Waals surface area contributed by atoms with Gasteiger partial charge in [-0.2, -0.15) is 0 Å². The van der Waals surface area contributed by atoms with Crippen molar-refractivity contribution in [1.29, 1.82) is 0 Å². The first-order valence-corrected chi connectivity index (χ1v) is 12.6. The third-order valence-electron chi connectivity index (χ3n) is 6.11. The highest BCUT2D eigenvalue weighted by Crippen LogP contribution is 2.31. The zero-order valence-corrected chi connectivity index (χ0v) is 23.2. The molecule has 0 unspecified atom stereocenters. The molecule has 2 aromatic rings. The van der Waals surface area contributed by atoms with E-state index in [1.165, 1.54) is 6.92 Å². The van der Waals surface area contributed by atoms with Crippen LogP contribution in [0.3, 0.4) is 0 Å². The van der Waals surface area contributed by atoms with Crippen LogP contribution in [0.5, 0.6) is 0 Å². The number of carbonyl (C=O) groups is 1. The number of aliphatic imine (C=N–C) groups is 1. The number of allylic oxidation sites excluding steroid dienone is 6. The van der Waals surface area contributed by atoms with E-state index in [-0.39, 0.29) is 11.8 Å². The summed E-state index contributed by atoms with van der Waals surface area (Å²) in [6.45, 7) is 16.8. The van der Waals surface area contributed by atoms with Gasteiger partial charge >= 0.3 is 0 Å². The maximum Gasteiger partial charge on any atom is 0.174 e. The van der Waals surface area contributed by atoms with Gasteiger partial charge < -0.3 is 15.1 Å². The minimum Gasteiger partial charge on any atom is -0.383 e. The van der Waals surface area contributed by atoms with E-state index >= 15 is 0 Å². The Kier molecular flexibility index (Phi) is 9.55. The number of benzene rings is 1. The van der Waals surface area contributed by atoms with Crippen molar-refractivity contribution >= 4 is 29.0 Å². The first-order valence-electron chi connectivity index (χ1n) is 12.6. The maximum atomic E-state index is 11.7. The van der Waals surface area contributed by atoms with Crippen LogP contribution >= 0.6 is 0 Å². The molecule has 1 aromatic carbocycles. The van der Waals surface area contributed by atoms with Crippen LogP contribution in [-0.4, -0.2) is 67.1 Å². The Bertz CT molecular complexity index is 1320. The Hall–Kier alpha value is -4.26. The fraction of sp³-hybridized carbons (Fsp3) is 0.290. The largest absolute Gasteiger partial charge is 0.383 e. The molecule has 0 amide bonds. The van der Waals surface area contributed by atoms with Crippen molar-refractivity contribution in [1.82, 2.24) is 20.2 Å². The second-order valence-corrected chi connectivity index (χ2v) is 9.71. The predicted molar refractivity (Wildman–Crippen MR) is 160 cm³/mol. The molecule has 38 heavy (non-hydrogen) atoms. The number of Topliss-reactive ketones (excluding diaryl/α,β-unsaturated/α-hetero) is 1. The van der Waals surface area contributed by atoms with E-state index in [0.29, 0.717) is 18.1 Å². The third-order valence-corrected chi connectivity index (χ3v) is 6.11. The lowest BCUT2D eigenvalue weighted by Gasteiger charge is -2.22. The second-order valence-electron chi connectivity index (χ2n) is 9.71. The lowest BCUT2D eigenvalue weighted by Crippen LogP contribution is -2.34. The van der Waals surface area contributed by atoms with Gasteiger partial charge in [-0.25, -0.2) is 9.97 Å². The van der Waals surface area contributed by atoms with Crippen molar-refractivity contribution in [2.24, 2.45) is 4.99 Å². The van der Waals surface area contributed by atoms with Gasteiger partial charge in [0, 0.05) is 82.5 Å². The fourth-order valence-corrected chi connectivity index (χ4v) is 4.33. The SMILES string of the molecule is C=C/C(=C\N(C)C)c1cccc(-c2ncc(/C(C=NC)=C/C(=C)C)c(N3CC[C@@H](NC(=C)C(C)=O)C3)n2)c1. The van der Waals surface area contributed by atoms with E-state index < -0.39 is 0 Å². The lowest BCUT2D eigenvalue weighted by molar-refractivity contribution is -0.114. The van der Waals surface area contributed by atoms with Crippen molar-refractivity contribution in [2.75, 3.05) is 39.1 Å². The molecule has 2 heterocycles. The molecule has 1 aromatic heterocycles. The summed E-state index contributed by atoms with van der Waals surface area (Å²) in [4.78, 5) is 30.1. The fourth-order valence-electron chi connectivity index (χ4n) is 4.33. The van der Waals surface area contributed by atoms with Crippen LogP contribution in [0, 0.1) is 0 Å². The van der Waals surface area contributed by atoms with Gasteiger partial charge in [-0.15, -0.1) is 0 Å². The summed E-state index contributed by atoms with van der Waals surface area (Å²) in [6, 6.07) is 8.26. The Morgan fingerprint density at radius 1 is 1.24 bits per heavy atom. The molecule has 3 rings (SSSR count). The van der Waals surface area contributed by atoms with Crippen LogP contribution in [0.1, 0.15) is 31.4 Å². The summed E-state index contributed by atoms with van der Waals surface area (Å²) in [5.74, 6) is 1.39. The standard InChI is InChI=1S/C31H38N6O/c1-9-24(19-36(7)8)25-11-10-12-26(16-25)30-33-18-29(27(17-32-6)15-21(2)3)31(35-30)37-14-13-28(20-37)34-22(4)23(5)38/h9-12,15-19,28,34H,1-2,4,13-14,20H2,3,5-8H3/b24-19+,27-15+,32-17?/t28-/m1/s1. The van der Waals surface area contributed by atoms with Gasteiger partial charge in [-0.1, -0.05) is 55.7 Å². The van der Waals surface area contributed by atoms with E-state index in [1.807, 2.05) is 68.8 Å². The molecular formula is C31H38N6O. The number of hydrogen-bond donors (Lipinski definition) is 1. The van der Waals surface area contributed by atoms with Gasteiger partial charge in [0.25, 0.3) is 0 Å². The van der Waals surface area contributed by atoms with Crippen molar-refractivity contribution in [3.05, 3.63) is 90.9 Å². The van der Waals surface area contributed by atoms with E-state index in [1.54, 1.807) is 7.05 Å². The quantitative estimate of drug-likeness (QED) is 0.256. The number of rotatable bonds is 11. The molecule has 0 bridgehead atoms. The van der Waals surface area contributed by atoms with E-state index in [0.717, 1.165) is 52.2 Å². The average Bonchev–Trinajstić information content (AvgIpc) is 3.34. The molecule has 1 aliphatic rings. The van der Waals surface area contributed by atoms with E-state index in [9.17, 15) is 4.79 Å². The van der Waals surface area contributed by atoms with Crippen LogP contribution in [0.4, 0.5) is 5.82 Å². The van der Waals surface area contributed by atoms with Crippen molar-refractivity contribution in [3.8, 4) is 11.4 Å². The monoisotopic (exact) mass is 510 g/mol. The van der Waals surface area contributed by atoms with Gasteiger partial charge in [0.1, 0.15) is 5.82 Å². The van der Waals surface area contributed by atoms with Crippen LogP contribution in [0.25, 0.3) is 22.5 Å². The topological polar surface area (TPSA) is 73.7 Å². The number of nitrogens with zero attached hydrogens (tertiary/aromatic N) is 5. The molecule has 1 N–H and O–H groups in total. The molecular weight excluding hydrogens is 472 g/mol. The molecule has 0 aliphatic carbocycles. The molecule has 0 radical (unpaired) electrons.